The Balaban J connectivity index is 2.87. The summed E-state index contributed by atoms with van der Waals surface area (Å²) in [5.74, 6) is 0.0362. The smallest absolute Gasteiger partial charge is 0.251 e. The molecule has 0 bridgehead atoms. The Bertz CT molecular complexity index is 331. The zero-order valence-electron chi connectivity index (χ0n) is 9.71. The molecule has 0 aromatic heterocycles. The third-order valence-electron chi connectivity index (χ3n) is 2.20. The molecule has 0 saturated heterocycles. The van der Waals surface area contributed by atoms with Crippen molar-refractivity contribution in [3.8, 4) is 0 Å². The Labute approximate surface area is 91.7 Å². The van der Waals surface area contributed by atoms with Gasteiger partial charge >= 0.3 is 0 Å². The molecule has 0 radical (unpaired) electrons. The third-order valence-corrected chi connectivity index (χ3v) is 2.20. The van der Waals surface area contributed by atoms with Gasteiger partial charge in [-0.1, -0.05) is 31.5 Å². The first-order valence-corrected chi connectivity index (χ1v) is 5.54. The van der Waals surface area contributed by atoms with E-state index in [1.165, 1.54) is 0 Å². The summed E-state index contributed by atoms with van der Waals surface area (Å²) in [5.41, 5.74) is 1.95. The van der Waals surface area contributed by atoms with E-state index in [4.69, 9.17) is 0 Å². The molecule has 0 aliphatic heterocycles. The van der Waals surface area contributed by atoms with Crippen LogP contribution in [0.2, 0.25) is 0 Å². The van der Waals surface area contributed by atoms with Crippen LogP contribution in [0.3, 0.4) is 0 Å². The third kappa shape index (κ3) is 3.39. The highest BCUT2D eigenvalue weighted by molar-refractivity contribution is 5.95. The summed E-state index contributed by atoms with van der Waals surface area (Å²) in [7, 11) is 0. The Hall–Kier alpha value is -1.31. The Morgan fingerprint density at radius 1 is 1.33 bits per heavy atom. The molecule has 0 saturated carbocycles. The van der Waals surface area contributed by atoms with E-state index in [9.17, 15) is 4.79 Å². The second kappa shape index (κ2) is 5.54. The van der Waals surface area contributed by atoms with Crippen LogP contribution in [0.5, 0.6) is 0 Å². The first-order chi connectivity index (χ1) is 7.15. The van der Waals surface area contributed by atoms with Crippen LogP contribution < -0.4 is 5.32 Å². The molecule has 0 aliphatic rings. The molecule has 1 rings (SSSR count). The van der Waals surface area contributed by atoms with E-state index in [-0.39, 0.29) is 11.9 Å². The number of hydrogen-bond donors (Lipinski definition) is 1. The minimum Gasteiger partial charge on any atom is -0.350 e. The van der Waals surface area contributed by atoms with Crippen LogP contribution in [0.1, 0.15) is 43.1 Å². The summed E-state index contributed by atoms with van der Waals surface area (Å²) in [4.78, 5) is 11.8. The predicted octanol–water partition coefficient (Wildman–Crippen LogP) is 2.78. The van der Waals surface area contributed by atoms with Crippen molar-refractivity contribution in [3.63, 3.8) is 0 Å². The van der Waals surface area contributed by atoms with Crippen molar-refractivity contribution in [2.24, 2.45) is 0 Å². The molecule has 1 aromatic carbocycles. The summed E-state index contributed by atoms with van der Waals surface area (Å²) in [6, 6.07) is 8.00. The second-order valence-electron chi connectivity index (χ2n) is 4.04. The monoisotopic (exact) mass is 205 g/mol. The maximum atomic E-state index is 11.8. The van der Waals surface area contributed by atoms with Crippen LogP contribution in [0.25, 0.3) is 0 Å². The number of aryl methyl sites for hydroxylation is 1. The van der Waals surface area contributed by atoms with Gasteiger partial charge in [0, 0.05) is 11.6 Å². The van der Waals surface area contributed by atoms with Crippen molar-refractivity contribution in [2.75, 3.05) is 0 Å². The summed E-state index contributed by atoms with van der Waals surface area (Å²) in [6.07, 6.45) is 2.02. The summed E-state index contributed by atoms with van der Waals surface area (Å²) < 4.78 is 0. The number of nitrogens with one attached hydrogen (secondary N) is 1. The van der Waals surface area contributed by atoms with Crippen LogP contribution in [-0.4, -0.2) is 11.9 Å². The molecule has 0 fully saturated rings. The van der Waals surface area contributed by atoms with E-state index < -0.39 is 0 Å². The molecule has 2 heteroatoms. The van der Waals surface area contributed by atoms with Gasteiger partial charge in [-0.2, -0.15) is 0 Å². The lowest BCUT2D eigenvalue weighted by atomic mass is 10.0. The zero-order chi connectivity index (χ0) is 11.3. The molecule has 2 nitrogen and oxygen atoms in total. The number of carbonyl (C=O) groups excluding carboxylic acids is 1. The molecule has 1 amide bonds. The molecular formula is C13H19NO. The summed E-state index contributed by atoms with van der Waals surface area (Å²) in [5, 5.41) is 2.92. The van der Waals surface area contributed by atoms with Gasteiger partial charge < -0.3 is 5.32 Å². The van der Waals surface area contributed by atoms with Gasteiger partial charge in [-0.15, -0.1) is 0 Å². The maximum Gasteiger partial charge on any atom is 0.251 e. The number of benzene rings is 1. The maximum absolute atomic E-state index is 11.8. The summed E-state index contributed by atoms with van der Waals surface area (Å²) in [6.45, 7) is 6.07. The van der Waals surface area contributed by atoms with Gasteiger partial charge in [-0.25, -0.2) is 0 Å². The number of amides is 1. The minimum atomic E-state index is 0.0362. The highest BCUT2D eigenvalue weighted by Crippen LogP contribution is 2.11. The van der Waals surface area contributed by atoms with Crippen molar-refractivity contribution in [1.29, 1.82) is 0 Å². The number of hydrogen-bond acceptors (Lipinski definition) is 1. The molecule has 0 unspecified atom stereocenters. The van der Waals surface area contributed by atoms with E-state index in [0.29, 0.717) is 0 Å². The molecular weight excluding hydrogens is 186 g/mol. The van der Waals surface area contributed by atoms with Crippen LogP contribution in [0.4, 0.5) is 0 Å². The van der Waals surface area contributed by atoms with Crippen molar-refractivity contribution < 1.29 is 4.79 Å². The second-order valence-corrected chi connectivity index (χ2v) is 4.04. The molecule has 82 valence electrons. The largest absolute Gasteiger partial charge is 0.350 e. The van der Waals surface area contributed by atoms with E-state index in [2.05, 4.69) is 12.2 Å². The molecule has 0 heterocycles. The average molecular weight is 205 g/mol. The molecule has 1 N–H and O–H groups in total. The van der Waals surface area contributed by atoms with Crippen molar-refractivity contribution in [1.82, 2.24) is 5.32 Å². The zero-order valence-corrected chi connectivity index (χ0v) is 9.71. The molecule has 1 aromatic rings. The minimum absolute atomic E-state index is 0.0362. The Morgan fingerprint density at radius 2 is 2.00 bits per heavy atom. The highest BCUT2D eigenvalue weighted by atomic mass is 16.1. The Morgan fingerprint density at radius 3 is 2.60 bits per heavy atom. The van der Waals surface area contributed by atoms with Gasteiger partial charge in [0.15, 0.2) is 0 Å². The lowest BCUT2D eigenvalue weighted by Crippen LogP contribution is -2.30. The van der Waals surface area contributed by atoms with Crippen LogP contribution in [0.15, 0.2) is 24.3 Å². The molecule has 15 heavy (non-hydrogen) atoms. The van der Waals surface area contributed by atoms with Gasteiger partial charge in [-0.3, -0.25) is 4.79 Å². The molecule has 0 spiro atoms. The number of rotatable bonds is 4. The average Bonchev–Trinajstić information content (AvgIpc) is 2.18. The Kier molecular flexibility index (Phi) is 4.35. The fraction of sp³-hybridized carbons (Fsp3) is 0.462. The quantitative estimate of drug-likeness (QED) is 0.804. The van der Waals surface area contributed by atoms with Gasteiger partial charge in [-0.05, 0) is 31.9 Å². The molecule has 0 aliphatic carbocycles. The first-order valence-electron chi connectivity index (χ1n) is 5.54. The van der Waals surface area contributed by atoms with E-state index in [1.54, 1.807) is 0 Å². The lowest BCUT2D eigenvalue weighted by molar-refractivity contribution is 0.0942. The van der Waals surface area contributed by atoms with Crippen molar-refractivity contribution in [3.05, 3.63) is 35.4 Å². The topological polar surface area (TPSA) is 29.1 Å². The highest BCUT2D eigenvalue weighted by Gasteiger charge is 2.10. The van der Waals surface area contributed by atoms with Crippen LogP contribution >= 0.6 is 0 Å². The fourth-order valence-corrected chi connectivity index (χ4v) is 1.57. The number of carbonyl (C=O) groups is 1. The van der Waals surface area contributed by atoms with E-state index in [1.807, 2.05) is 38.1 Å². The van der Waals surface area contributed by atoms with Gasteiger partial charge in [0.05, 0.1) is 0 Å². The standard InChI is InChI=1S/C13H19NO/c1-4-7-11-8-5-6-9-12(11)13(15)14-10(2)3/h5-6,8-10H,4,7H2,1-3H3,(H,14,15). The fourth-order valence-electron chi connectivity index (χ4n) is 1.57. The van der Waals surface area contributed by atoms with Gasteiger partial charge in [0.25, 0.3) is 5.91 Å². The molecule has 0 atom stereocenters. The lowest BCUT2D eigenvalue weighted by Gasteiger charge is -2.11. The van der Waals surface area contributed by atoms with E-state index in [0.717, 1.165) is 24.0 Å². The van der Waals surface area contributed by atoms with Crippen molar-refractivity contribution in [2.45, 2.75) is 39.7 Å². The SMILES string of the molecule is CCCc1ccccc1C(=O)NC(C)C. The van der Waals surface area contributed by atoms with Gasteiger partial charge in [0.2, 0.25) is 0 Å². The van der Waals surface area contributed by atoms with Crippen LogP contribution in [-0.2, 0) is 6.42 Å². The predicted molar refractivity (Wildman–Crippen MR) is 63.0 cm³/mol. The van der Waals surface area contributed by atoms with Gasteiger partial charge in [0.1, 0.15) is 0 Å². The summed E-state index contributed by atoms with van der Waals surface area (Å²) >= 11 is 0. The first kappa shape index (κ1) is 11.8. The van der Waals surface area contributed by atoms with Crippen molar-refractivity contribution >= 4 is 5.91 Å². The van der Waals surface area contributed by atoms with E-state index >= 15 is 0 Å². The van der Waals surface area contributed by atoms with Crippen LogP contribution in [0, 0.1) is 0 Å². The normalized spacial score (nSPS) is 10.4.